The number of rotatable bonds is 3. The fourth-order valence-corrected chi connectivity index (χ4v) is 2.52. The van der Waals surface area contributed by atoms with Gasteiger partial charge >= 0.3 is 0 Å². The summed E-state index contributed by atoms with van der Waals surface area (Å²) in [5.74, 6) is 0. The van der Waals surface area contributed by atoms with E-state index in [4.69, 9.17) is 0 Å². The van der Waals surface area contributed by atoms with Gasteiger partial charge in [-0.05, 0) is 49.6 Å². The Morgan fingerprint density at radius 3 is 2.90 bits per heavy atom. The second kappa shape index (κ2) is 5.48. The van der Waals surface area contributed by atoms with Crippen LogP contribution < -0.4 is 5.56 Å². The number of aryl methyl sites for hydroxylation is 1. The Morgan fingerprint density at radius 1 is 1.29 bits per heavy atom. The van der Waals surface area contributed by atoms with E-state index in [2.05, 4.69) is 9.97 Å². The Balaban J connectivity index is 1.99. The lowest BCUT2D eigenvalue weighted by molar-refractivity contribution is 0.522. The average Bonchev–Trinajstić information content (AvgIpc) is 2.48. The Labute approximate surface area is 123 Å². The van der Waals surface area contributed by atoms with Gasteiger partial charge in [0.25, 0.3) is 5.56 Å². The molecule has 0 aliphatic rings. The molecule has 0 saturated carbocycles. The molecule has 0 saturated heterocycles. The maximum absolute atomic E-state index is 12.6. The van der Waals surface area contributed by atoms with Gasteiger partial charge in [-0.3, -0.25) is 14.3 Å². The van der Waals surface area contributed by atoms with E-state index in [0.29, 0.717) is 5.39 Å². The van der Waals surface area contributed by atoms with Crippen LogP contribution in [0.2, 0.25) is 0 Å². The van der Waals surface area contributed by atoms with Crippen LogP contribution in [0.5, 0.6) is 0 Å². The molecule has 0 fully saturated rings. The number of pyridine rings is 1. The highest BCUT2D eigenvalue weighted by Gasteiger charge is 2.11. The summed E-state index contributed by atoms with van der Waals surface area (Å²) in [4.78, 5) is 21.1. The molecule has 4 heteroatoms. The highest BCUT2D eigenvalue weighted by atomic mass is 16.1. The molecular formula is C17H17N3O. The van der Waals surface area contributed by atoms with Gasteiger partial charge in [-0.1, -0.05) is 12.1 Å². The molecule has 0 bridgehead atoms. The predicted octanol–water partition coefficient (Wildman–Crippen LogP) is 2.90. The zero-order valence-corrected chi connectivity index (χ0v) is 12.2. The lowest BCUT2D eigenvalue weighted by atomic mass is 10.1. The van der Waals surface area contributed by atoms with Crippen molar-refractivity contribution < 1.29 is 0 Å². The van der Waals surface area contributed by atoms with Gasteiger partial charge in [0.15, 0.2) is 0 Å². The van der Waals surface area contributed by atoms with Gasteiger partial charge in [-0.25, -0.2) is 4.98 Å². The summed E-state index contributed by atoms with van der Waals surface area (Å²) < 4.78 is 1.70. The summed E-state index contributed by atoms with van der Waals surface area (Å²) in [5.41, 5.74) is 2.98. The third-order valence-electron chi connectivity index (χ3n) is 3.67. The van der Waals surface area contributed by atoms with Gasteiger partial charge in [-0.2, -0.15) is 0 Å². The number of benzene rings is 1. The first-order valence-electron chi connectivity index (χ1n) is 7.01. The molecule has 0 radical (unpaired) electrons. The molecule has 0 amide bonds. The van der Waals surface area contributed by atoms with Gasteiger partial charge in [-0.15, -0.1) is 0 Å². The fourth-order valence-electron chi connectivity index (χ4n) is 2.52. The minimum atomic E-state index is 0.0105. The van der Waals surface area contributed by atoms with Crippen molar-refractivity contribution in [3.63, 3.8) is 0 Å². The Bertz CT molecular complexity index is 824. The molecule has 4 nitrogen and oxygen atoms in total. The van der Waals surface area contributed by atoms with Gasteiger partial charge in [0.1, 0.15) is 0 Å². The molecule has 0 N–H and O–H groups in total. The molecular weight excluding hydrogens is 262 g/mol. The SMILES string of the molecule is Cc1ccc2c(=O)n([C@@H](C)Cc3cccnc3)cnc2c1. The molecule has 2 aromatic heterocycles. The van der Waals surface area contributed by atoms with E-state index in [1.807, 2.05) is 50.4 Å². The molecule has 3 rings (SSSR count). The Morgan fingerprint density at radius 2 is 2.14 bits per heavy atom. The van der Waals surface area contributed by atoms with Crippen molar-refractivity contribution in [2.75, 3.05) is 0 Å². The number of hydrogen-bond acceptors (Lipinski definition) is 3. The van der Waals surface area contributed by atoms with Crippen LogP contribution >= 0.6 is 0 Å². The van der Waals surface area contributed by atoms with Gasteiger partial charge in [0.2, 0.25) is 0 Å². The summed E-state index contributed by atoms with van der Waals surface area (Å²) in [6.07, 6.45) is 5.98. The van der Waals surface area contributed by atoms with Crippen LogP contribution in [-0.2, 0) is 6.42 Å². The molecule has 0 unspecified atom stereocenters. The molecule has 1 atom stereocenters. The molecule has 106 valence electrons. The van der Waals surface area contributed by atoms with Crippen molar-refractivity contribution in [2.24, 2.45) is 0 Å². The number of nitrogens with zero attached hydrogens (tertiary/aromatic N) is 3. The van der Waals surface area contributed by atoms with E-state index < -0.39 is 0 Å². The van der Waals surface area contributed by atoms with Gasteiger partial charge in [0.05, 0.1) is 17.2 Å². The lowest BCUT2D eigenvalue weighted by Gasteiger charge is -2.15. The van der Waals surface area contributed by atoms with Crippen molar-refractivity contribution in [3.05, 3.63) is 70.5 Å². The third kappa shape index (κ3) is 2.70. The number of fused-ring (bicyclic) bond motifs is 1. The zero-order valence-electron chi connectivity index (χ0n) is 12.2. The summed E-state index contributed by atoms with van der Waals surface area (Å²) in [6, 6.07) is 9.71. The van der Waals surface area contributed by atoms with E-state index >= 15 is 0 Å². The van der Waals surface area contributed by atoms with Crippen LogP contribution in [0.25, 0.3) is 10.9 Å². The van der Waals surface area contributed by atoms with E-state index in [1.54, 1.807) is 17.1 Å². The minimum Gasteiger partial charge on any atom is -0.296 e. The number of hydrogen-bond donors (Lipinski definition) is 0. The summed E-state index contributed by atoms with van der Waals surface area (Å²) in [7, 11) is 0. The Hall–Kier alpha value is -2.49. The zero-order chi connectivity index (χ0) is 14.8. The molecule has 0 aliphatic heterocycles. The first-order chi connectivity index (χ1) is 10.1. The fraction of sp³-hybridized carbons (Fsp3) is 0.235. The van der Waals surface area contributed by atoms with Crippen molar-refractivity contribution in [2.45, 2.75) is 26.3 Å². The molecule has 21 heavy (non-hydrogen) atoms. The van der Waals surface area contributed by atoms with E-state index in [-0.39, 0.29) is 11.6 Å². The largest absolute Gasteiger partial charge is 0.296 e. The van der Waals surface area contributed by atoms with Gasteiger partial charge < -0.3 is 0 Å². The Kier molecular flexibility index (Phi) is 3.52. The first-order valence-corrected chi connectivity index (χ1v) is 7.01. The highest BCUT2D eigenvalue weighted by molar-refractivity contribution is 5.77. The quantitative estimate of drug-likeness (QED) is 0.740. The second-order valence-corrected chi connectivity index (χ2v) is 5.39. The van der Waals surface area contributed by atoms with Crippen LogP contribution in [0.4, 0.5) is 0 Å². The summed E-state index contributed by atoms with van der Waals surface area (Å²) in [5, 5.41) is 0.668. The predicted molar refractivity (Wildman–Crippen MR) is 83.4 cm³/mol. The smallest absolute Gasteiger partial charge is 0.261 e. The molecule has 0 aliphatic carbocycles. The van der Waals surface area contributed by atoms with Crippen molar-refractivity contribution >= 4 is 10.9 Å². The van der Waals surface area contributed by atoms with Crippen LogP contribution in [-0.4, -0.2) is 14.5 Å². The highest BCUT2D eigenvalue weighted by Crippen LogP contribution is 2.14. The first kappa shape index (κ1) is 13.5. The van der Waals surface area contributed by atoms with Crippen molar-refractivity contribution in [3.8, 4) is 0 Å². The monoisotopic (exact) mass is 279 g/mol. The summed E-state index contributed by atoms with van der Waals surface area (Å²) in [6.45, 7) is 4.02. The maximum atomic E-state index is 12.6. The maximum Gasteiger partial charge on any atom is 0.261 e. The van der Waals surface area contributed by atoms with E-state index in [0.717, 1.165) is 23.1 Å². The van der Waals surface area contributed by atoms with E-state index in [9.17, 15) is 4.79 Å². The minimum absolute atomic E-state index is 0.0105. The summed E-state index contributed by atoms with van der Waals surface area (Å²) >= 11 is 0. The van der Waals surface area contributed by atoms with E-state index in [1.165, 1.54) is 0 Å². The molecule has 0 spiro atoms. The van der Waals surface area contributed by atoms with Gasteiger partial charge in [0, 0.05) is 18.4 Å². The number of aromatic nitrogens is 3. The standard InChI is InChI=1S/C17H17N3O/c1-12-5-6-15-16(8-12)19-11-20(17(15)21)13(2)9-14-4-3-7-18-10-14/h3-8,10-11,13H,9H2,1-2H3/t13-/m0/s1. The molecule has 2 heterocycles. The normalized spacial score (nSPS) is 12.5. The average molecular weight is 279 g/mol. The second-order valence-electron chi connectivity index (χ2n) is 5.39. The van der Waals surface area contributed by atoms with Crippen LogP contribution in [0.1, 0.15) is 24.1 Å². The molecule has 3 aromatic rings. The van der Waals surface area contributed by atoms with Crippen LogP contribution in [0.15, 0.2) is 53.8 Å². The van der Waals surface area contributed by atoms with Crippen molar-refractivity contribution in [1.82, 2.24) is 14.5 Å². The van der Waals surface area contributed by atoms with Crippen LogP contribution in [0, 0.1) is 6.92 Å². The van der Waals surface area contributed by atoms with Crippen molar-refractivity contribution in [1.29, 1.82) is 0 Å². The third-order valence-corrected chi connectivity index (χ3v) is 3.67. The lowest BCUT2D eigenvalue weighted by Crippen LogP contribution is -2.25. The topological polar surface area (TPSA) is 47.8 Å². The van der Waals surface area contributed by atoms with Crippen LogP contribution in [0.3, 0.4) is 0 Å². The molecule has 1 aromatic carbocycles.